The molecule has 0 fully saturated rings. The van der Waals surface area contributed by atoms with Gasteiger partial charge in [-0.1, -0.05) is 57.5 Å². The normalized spacial score (nSPS) is 12.5. The number of rotatable bonds is 8. The second-order valence-electron chi connectivity index (χ2n) is 11.1. The fraction of sp³-hybridized carbons (Fsp3) is 0.556. The zero-order valence-corrected chi connectivity index (χ0v) is 23.4. The maximum atomic E-state index is 12.5. The second-order valence-corrected chi connectivity index (χ2v) is 12.8. The van der Waals surface area contributed by atoms with Crippen LogP contribution in [0, 0.1) is 12.3 Å². The van der Waals surface area contributed by atoms with Crippen LogP contribution in [0.15, 0.2) is 24.3 Å². The summed E-state index contributed by atoms with van der Waals surface area (Å²) in [6, 6.07) is 8.03. The molecule has 1 heterocycles. The molecule has 2 aromatic rings. The van der Waals surface area contributed by atoms with Crippen LogP contribution in [0.3, 0.4) is 0 Å². The quantitative estimate of drug-likeness (QED) is 0.463. The lowest BCUT2D eigenvalue weighted by atomic mass is 9.84. The summed E-state index contributed by atoms with van der Waals surface area (Å²) in [5.41, 5.74) is 5.36. The zero-order chi connectivity index (χ0) is 26.6. The average molecular weight is 505 g/mol. The standard InChI is InChI=1S/C27H40N2O5S/c1-10-22-21(17-33-35(9,31)32)24(19-13-11-18(2)12-14-19)20(23(29-22)15-26(3,4)5)16-28-25(30)34-27(6,7)8/h11-14H,10,15-17H2,1-9H3,(H,28,30). The number of amides is 1. The van der Waals surface area contributed by atoms with Crippen molar-refractivity contribution in [3.8, 4) is 11.1 Å². The first kappa shape index (κ1) is 28.8. The molecule has 194 valence electrons. The number of hydrogen-bond donors (Lipinski definition) is 1. The molecule has 1 aromatic carbocycles. The summed E-state index contributed by atoms with van der Waals surface area (Å²) in [7, 11) is -3.67. The molecule has 0 saturated carbocycles. The van der Waals surface area contributed by atoms with Crippen LogP contribution in [0.1, 0.15) is 76.5 Å². The lowest BCUT2D eigenvalue weighted by Crippen LogP contribution is -2.33. The largest absolute Gasteiger partial charge is 0.444 e. The maximum absolute atomic E-state index is 12.5. The Morgan fingerprint density at radius 3 is 2.09 bits per heavy atom. The Hall–Kier alpha value is -2.45. The van der Waals surface area contributed by atoms with Crippen LogP contribution in [0.25, 0.3) is 11.1 Å². The van der Waals surface area contributed by atoms with Crippen molar-refractivity contribution in [2.75, 3.05) is 6.26 Å². The van der Waals surface area contributed by atoms with Gasteiger partial charge in [-0.15, -0.1) is 0 Å². The van der Waals surface area contributed by atoms with E-state index in [0.717, 1.165) is 39.9 Å². The van der Waals surface area contributed by atoms with Crippen molar-refractivity contribution in [3.63, 3.8) is 0 Å². The highest BCUT2D eigenvalue weighted by atomic mass is 32.2. The van der Waals surface area contributed by atoms with E-state index in [4.69, 9.17) is 13.9 Å². The van der Waals surface area contributed by atoms with Crippen LogP contribution in [-0.4, -0.2) is 31.4 Å². The molecule has 2 rings (SSSR count). The van der Waals surface area contributed by atoms with Gasteiger partial charge in [-0.25, -0.2) is 4.79 Å². The minimum absolute atomic E-state index is 0.0615. The first-order valence-electron chi connectivity index (χ1n) is 11.9. The van der Waals surface area contributed by atoms with Gasteiger partial charge in [0.25, 0.3) is 10.1 Å². The molecule has 0 bridgehead atoms. The van der Waals surface area contributed by atoms with Crippen molar-refractivity contribution in [2.24, 2.45) is 5.41 Å². The smallest absolute Gasteiger partial charge is 0.407 e. The lowest BCUT2D eigenvalue weighted by molar-refractivity contribution is 0.0523. The van der Waals surface area contributed by atoms with Crippen LogP contribution in [0.5, 0.6) is 0 Å². The van der Waals surface area contributed by atoms with Crippen molar-refractivity contribution in [2.45, 2.75) is 87.0 Å². The molecule has 1 aromatic heterocycles. The number of carbonyl (C=O) groups is 1. The highest BCUT2D eigenvalue weighted by Gasteiger charge is 2.25. The molecular formula is C27H40N2O5S. The van der Waals surface area contributed by atoms with E-state index >= 15 is 0 Å². The number of ether oxygens (including phenoxy) is 1. The molecule has 0 spiro atoms. The van der Waals surface area contributed by atoms with E-state index in [1.807, 2.05) is 58.9 Å². The number of nitrogens with zero attached hydrogens (tertiary/aromatic N) is 1. The van der Waals surface area contributed by atoms with Crippen molar-refractivity contribution in [1.82, 2.24) is 10.3 Å². The Morgan fingerprint density at radius 2 is 1.60 bits per heavy atom. The molecule has 0 aliphatic heterocycles. The molecule has 1 amide bonds. The number of benzene rings is 1. The van der Waals surface area contributed by atoms with Crippen molar-refractivity contribution >= 4 is 16.2 Å². The monoisotopic (exact) mass is 504 g/mol. The minimum atomic E-state index is -3.67. The molecular weight excluding hydrogens is 464 g/mol. The van der Waals surface area contributed by atoms with Gasteiger partial charge in [0.05, 0.1) is 12.9 Å². The molecule has 7 nitrogen and oxygen atoms in total. The number of aromatic nitrogens is 1. The van der Waals surface area contributed by atoms with Gasteiger partial charge in [0.15, 0.2) is 0 Å². The van der Waals surface area contributed by atoms with E-state index in [2.05, 4.69) is 26.1 Å². The number of carbonyl (C=O) groups excluding carboxylic acids is 1. The zero-order valence-electron chi connectivity index (χ0n) is 22.5. The Labute approximate surface area is 210 Å². The van der Waals surface area contributed by atoms with Crippen LogP contribution < -0.4 is 5.32 Å². The Kier molecular flexibility index (Phi) is 9.11. The summed E-state index contributed by atoms with van der Waals surface area (Å²) in [6.07, 6.45) is 1.80. The van der Waals surface area contributed by atoms with Gasteiger partial charge in [0.1, 0.15) is 5.60 Å². The Bertz CT molecular complexity index is 1140. The van der Waals surface area contributed by atoms with Gasteiger partial charge >= 0.3 is 6.09 Å². The van der Waals surface area contributed by atoms with Gasteiger partial charge in [0, 0.05) is 29.1 Å². The molecule has 8 heteroatoms. The molecule has 0 saturated heterocycles. The van der Waals surface area contributed by atoms with E-state index in [1.165, 1.54) is 0 Å². The fourth-order valence-electron chi connectivity index (χ4n) is 3.76. The first-order chi connectivity index (χ1) is 16.0. The predicted molar refractivity (Wildman–Crippen MR) is 140 cm³/mol. The van der Waals surface area contributed by atoms with E-state index in [0.29, 0.717) is 18.4 Å². The highest BCUT2D eigenvalue weighted by molar-refractivity contribution is 7.85. The third-order valence-electron chi connectivity index (χ3n) is 5.17. The second kappa shape index (κ2) is 11.1. The lowest BCUT2D eigenvalue weighted by Gasteiger charge is -2.26. The van der Waals surface area contributed by atoms with E-state index in [9.17, 15) is 13.2 Å². The SMILES string of the molecule is CCc1nc(CC(C)(C)C)c(CNC(=O)OC(C)(C)C)c(-c2ccc(C)cc2)c1COS(C)(=O)=O. The molecule has 0 aliphatic carbocycles. The topological polar surface area (TPSA) is 94.6 Å². The Balaban J connectivity index is 2.76. The molecule has 35 heavy (non-hydrogen) atoms. The van der Waals surface area contributed by atoms with Crippen LogP contribution in [0.2, 0.25) is 0 Å². The van der Waals surface area contributed by atoms with Crippen LogP contribution in [0.4, 0.5) is 4.79 Å². The number of aryl methyl sites for hydroxylation is 2. The van der Waals surface area contributed by atoms with Gasteiger partial charge in [-0.05, 0) is 57.1 Å². The third kappa shape index (κ3) is 9.26. The van der Waals surface area contributed by atoms with E-state index in [1.54, 1.807) is 0 Å². The van der Waals surface area contributed by atoms with E-state index < -0.39 is 21.8 Å². The number of hydrogen-bond acceptors (Lipinski definition) is 6. The number of nitrogens with one attached hydrogen (secondary N) is 1. The maximum Gasteiger partial charge on any atom is 0.407 e. The number of alkyl carbamates (subject to hydrolysis) is 1. The summed E-state index contributed by atoms with van der Waals surface area (Å²) in [4.78, 5) is 17.5. The Morgan fingerprint density at radius 1 is 1.00 bits per heavy atom. The van der Waals surface area contributed by atoms with Crippen molar-refractivity contribution in [3.05, 3.63) is 52.3 Å². The molecule has 0 unspecified atom stereocenters. The molecule has 0 aliphatic rings. The molecule has 0 atom stereocenters. The third-order valence-corrected chi connectivity index (χ3v) is 5.71. The summed E-state index contributed by atoms with van der Waals surface area (Å²) in [5, 5.41) is 2.88. The molecule has 0 radical (unpaired) electrons. The van der Waals surface area contributed by atoms with Crippen molar-refractivity contribution < 1.29 is 22.1 Å². The summed E-state index contributed by atoms with van der Waals surface area (Å²) >= 11 is 0. The highest BCUT2D eigenvalue weighted by Crippen LogP contribution is 2.35. The van der Waals surface area contributed by atoms with Gasteiger partial charge in [-0.2, -0.15) is 8.42 Å². The summed E-state index contributed by atoms with van der Waals surface area (Å²) in [5.74, 6) is 0. The summed E-state index contributed by atoms with van der Waals surface area (Å²) in [6.45, 7) is 15.9. The number of pyridine rings is 1. The average Bonchev–Trinajstić information content (AvgIpc) is 2.68. The van der Waals surface area contributed by atoms with Gasteiger partial charge in [-0.3, -0.25) is 9.17 Å². The van der Waals surface area contributed by atoms with Crippen LogP contribution in [-0.2, 0) is 45.0 Å². The fourth-order valence-corrected chi connectivity index (χ4v) is 4.10. The predicted octanol–water partition coefficient (Wildman–Crippen LogP) is 5.71. The molecule has 1 N–H and O–H groups in total. The van der Waals surface area contributed by atoms with Gasteiger partial charge < -0.3 is 10.1 Å². The first-order valence-corrected chi connectivity index (χ1v) is 13.7. The van der Waals surface area contributed by atoms with Crippen LogP contribution >= 0.6 is 0 Å². The van der Waals surface area contributed by atoms with E-state index in [-0.39, 0.29) is 18.6 Å². The van der Waals surface area contributed by atoms with Gasteiger partial charge in [0.2, 0.25) is 0 Å². The van der Waals surface area contributed by atoms with Crippen molar-refractivity contribution in [1.29, 1.82) is 0 Å². The summed E-state index contributed by atoms with van der Waals surface area (Å²) < 4.78 is 34.4. The minimum Gasteiger partial charge on any atom is -0.444 e.